The SMILES string of the molecule is Cc1ccc2sc(C3CCCN3)nc2c1. The number of aryl methyl sites for hydroxylation is 1. The summed E-state index contributed by atoms with van der Waals surface area (Å²) in [5.74, 6) is 0. The third-order valence-electron chi connectivity index (χ3n) is 2.92. The Kier molecular flexibility index (Phi) is 2.22. The smallest absolute Gasteiger partial charge is 0.111 e. The maximum Gasteiger partial charge on any atom is 0.111 e. The summed E-state index contributed by atoms with van der Waals surface area (Å²) in [6.07, 6.45) is 2.51. The second-order valence-electron chi connectivity index (χ2n) is 4.17. The minimum atomic E-state index is 0.503. The molecule has 1 aromatic heterocycles. The zero-order valence-electron chi connectivity index (χ0n) is 8.79. The van der Waals surface area contributed by atoms with Gasteiger partial charge in [0.2, 0.25) is 0 Å². The summed E-state index contributed by atoms with van der Waals surface area (Å²) in [6.45, 7) is 3.26. The van der Waals surface area contributed by atoms with E-state index in [-0.39, 0.29) is 0 Å². The van der Waals surface area contributed by atoms with E-state index in [1.807, 2.05) is 11.3 Å². The number of rotatable bonds is 1. The number of nitrogens with one attached hydrogen (secondary N) is 1. The van der Waals surface area contributed by atoms with Crippen molar-refractivity contribution in [2.75, 3.05) is 6.54 Å². The molecule has 1 aromatic carbocycles. The first kappa shape index (κ1) is 9.31. The van der Waals surface area contributed by atoms with E-state index in [1.165, 1.54) is 28.1 Å². The zero-order valence-corrected chi connectivity index (χ0v) is 9.60. The van der Waals surface area contributed by atoms with Crippen LogP contribution in [0.4, 0.5) is 0 Å². The van der Waals surface area contributed by atoms with E-state index in [4.69, 9.17) is 4.98 Å². The highest BCUT2D eigenvalue weighted by Crippen LogP contribution is 2.30. The highest BCUT2D eigenvalue weighted by atomic mass is 32.1. The van der Waals surface area contributed by atoms with E-state index >= 15 is 0 Å². The Morgan fingerprint density at radius 2 is 2.40 bits per heavy atom. The van der Waals surface area contributed by atoms with Crippen molar-refractivity contribution in [3.63, 3.8) is 0 Å². The fourth-order valence-corrected chi connectivity index (χ4v) is 3.16. The van der Waals surface area contributed by atoms with Gasteiger partial charge >= 0.3 is 0 Å². The van der Waals surface area contributed by atoms with Gasteiger partial charge in [-0.05, 0) is 44.0 Å². The predicted molar refractivity (Wildman–Crippen MR) is 64.3 cm³/mol. The molecule has 0 saturated carbocycles. The average Bonchev–Trinajstić information content (AvgIpc) is 2.84. The van der Waals surface area contributed by atoms with Crippen LogP contribution in [-0.4, -0.2) is 11.5 Å². The molecule has 0 bridgehead atoms. The molecule has 2 nitrogen and oxygen atoms in total. The molecular formula is C12H14N2S. The summed E-state index contributed by atoms with van der Waals surface area (Å²) in [5, 5.41) is 4.75. The highest BCUT2D eigenvalue weighted by molar-refractivity contribution is 7.18. The number of benzene rings is 1. The summed E-state index contributed by atoms with van der Waals surface area (Å²) in [4.78, 5) is 4.71. The minimum Gasteiger partial charge on any atom is -0.308 e. The number of hydrogen-bond acceptors (Lipinski definition) is 3. The Bertz CT molecular complexity index is 483. The molecule has 3 heteroatoms. The van der Waals surface area contributed by atoms with Gasteiger partial charge in [0.15, 0.2) is 0 Å². The van der Waals surface area contributed by atoms with Gasteiger partial charge in [-0.25, -0.2) is 4.98 Å². The molecule has 0 aliphatic carbocycles. The lowest BCUT2D eigenvalue weighted by atomic mass is 10.2. The van der Waals surface area contributed by atoms with Crippen molar-refractivity contribution in [2.24, 2.45) is 0 Å². The molecule has 1 atom stereocenters. The second kappa shape index (κ2) is 3.58. The summed E-state index contributed by atoms with van der Waals surface area (Å²) in [6, 6.07) is 7.01. The first-order valence-electron chi connectivity index (χ1n) is 5.43. The standard InChI is InChI=1S/C12H14N2S/c1-8-4-5-11-10(7-8)14-12(15-11)9-3-2-6-13-9/h4-5,7,9,13H,2-3,6H2,1H3. The van der Waals surface area contributed by atoms with Crippen molar-refractivity contribution in [1.29, 1.82) is 0 Å². The van der Waals surface area contributed by atoms with Crippen molar-refractivity contribution in [3.8, 4) is 0 Å². The van der Waals surface area contributed by atoms with E-state index in [0.29, 0.717) is 6.04 Å². The van der Waals surface area contributed by atoms with E-state index in [9.17, 15) is 0 Å². The Balaban J connectivity index is 2.05. The zero-order chi connectivity index (χ0) is 10.3. The molecule has 1 fully saturated rings. The van der Waals surface area contributed by atoms with Crippen LogP contribution in [-0.2, 0) is 0 Å². The Morgan fingerprint density at radius 3 is 3.20 bits per heavy atom. The van der Waals surface area contributed by atoms with Crippen molar-refractivity contribution in [2.45, 2.75) is 25.8 Å². The number of nitrogens with zero attached hydrogens (tertiary/aromatic N) is 1. The number of hydrogen-bond donors (Lipinski definition) is 1. The fourth-order valence-electron chi connectivity index (χ4n) is 2.10. The van der Waals surface area contributed by atoms with Crippen LogP contribution in [0.25, 0.3) is 10.2 Å². The molecule has 1 N–H and O–H groups in total. The molecular weight excluding hydrogens is 204 g/mol. The van der Waals surface area contributed by atoms with Crippen molar-refractivity contribution in [3.05, 3.63) is 28.8 Å². The molecule has 1 saturated heterocycles. The van der Waals surface area contributed by atoms with Crippen LogP contribution in [0.3, 0.4) is 0 Å². The van der Waals surface area contributed by atoms with Gasteiger partial charge in [-0.15, -0.1) is 11.3 Å². The van der Waals surface area contributed by atoms with Crippen LogP contribution in [0.15, 0.2) is 18.2 Å². The molecule has 1 aliphatic heterocycles. The Labute approximate surface area is 93.3 Å². The molecule has 3 rings (SSSR count). The van der Waals surface area contributed by atoms with Gasteiger partial charge in [0.05, 0.1) is 16.3 Å². The summed E-state index contributed by atoms with van der Waals surface area (Å²) in [5.41, 5.74) is 2.45. The average molecular weight is 218 g/mol. The second-order valence-corrected chi connectivity index (χ2v) is 5.23. The molecule has 15 heavy (non-hydrogen) atoms. The summed E-state index contributed by atoms with van der Waals surface area (Å²) in [7, 11) is 0. The fraction of sp³-hybridized carbons (Fsp3) is 0.417. The maximum absolute atomic E-state index is 4.71. The third-order valence-corrected chi connectivity index (χ3v) is 4.07. The molecule has 2 aromatic rings. The van der Waals surface area contributed by atoms with E-state index in [1.54, 1.807) is 0 Å². The monoisotopic (exact) mass is 218 g/mol. The first-order chi connectivity index (χ1) is 7.33. The molecule has 1 unspecified atom stereocenters. The lowest BCUT2D eigenvalue weighted by molar-refractivity contribution is 0.644. The number of aromatic nitrogens is 1. The predicted octanol–water partition coefficient (Wildman–Crippen LogP) is 3.03. The van der Waals surface area contributed by atoms with Crippen LogP contribution < -0.4 is 5.32 Å². The van der Waals surface area contributed by atoms with E-state index < -0.39 is 0 Å². The Hall–Kier alpha value is -0.930. The first-order valence-corrected chi connectivity index (χ1v) is 6.25. The summed E-state index contributed by atoms with van der Waals surface area (Å²) < 4.78 is 1.31. The van der Waals surface area contributed by atoms with Gasteiger partial charge in [-0.2, -0.15) is 0 Å². The highest BCUT2D eigenvalue weighted by Gasteiger charge is 2.19. The largest absolute Gasteiger partial charge is 0.308 e. The van der Waals surface area contributed by atoms with Crippen LogP contribution in [0.5, 0.6) is 0 Å². The quantitative estimate of drug-likeness (QED) is 0.796. The van der Waals surface area contributed by atoms with Crippen LogP contribution in [0.1, 0.15) is 29.5 Å². The molecule has 0 spiro atoms. The van der Waals surface area contributed by atoms with Crippen LogP contribution >= 0.6 is 11.3 Å². The van der Waals surface area contributed by atoms with E-state index in [2.05, 4.69) is 30.4 Å². The van der Waals surface area contributed by atoms with Crippen LogP contribution in [0.2, 0.25) is 0 Å². The number of fused-ring (bicyclic) bond motifs is 1. The molecule has 1 aliphatic rings. The normalized spacial score (nSPS) is 21.3. The summed E-state index contributed by atoms with van der Waals surface area (Å²) >= 11 is 1.83. The van der Waals surface area contributed by atoms with Gasteiger partial charge < -0.3 is 5.32 Å². The lowest BCUT2D eigenvalue weighted by Gasteiger charge is -2.03. The van der Waals surface area contributed by atoms with Gasteiger partial charge in [0.25, 0.3) is 0 Å². The Morgan fingerprint density at radius 1 is 1.47 bits per heavy atom. The minimum absolute atomic E-state index is 0.503. The number of thiazole rings is 1. The van der Waals surface area contributed by atoms with Gasteiger partial charge in [0.1, 0.15) is 5.01 Å². The van der Waals surface area contributed by atoms with Gasteiger partial charge in [-0.1, -0.05) is 6.07 Å². The van der Waals surface area contributed by atoms with E-state index in [0.717, 1.165) is 12.1 Å². The molecule has 0 radical (unpaired) electrons. The maximum atomic E-state index is 4.71. The molecule has 78 valence electrons. The third kappa shape index (κ3) is 1.66. The lowest BCUT2D eigenvalue weighted by Crippen LogP contribution is -2.12. The van der Waals surface area contributed by atoms with Crippen LogP contribution in [0, 0.1) is 6.92 Å². The van der Waals surface area contributed by atoms with Crippen molar-refractivity contribution >= 4 is 21.6 Å². The van der Waals surface area contributed by atoms with Crippen molar-refractivity contribution < 1.29 is 0 Å². The topological polar surface area (TPSA) is 24.9 Å². The van der Waals surface area contributed by atoms with Gasteiger partial charge in [-0.3, -0.25) is 0 Å². The molecule has 0 amide bonds. The molecule has 2 heterocycles. The van der Waals surface area contributed by atoms with Gasteiger partial charge in [0, 0.05) is 0 Å². The van der Waals surface area contributed by atoms with Crippen molar-refractivity contribution in [1.82, 2.24) is 10.3 Å².